The van der Waals surface area contributed by atoms with Crippen LogP contribution in [-0.2, 0) is 14.3 Å². The van der Waals surface area contributed by atoms with E-state index in [0.29, 0.717) is 0 Å². The smallest absolute Gasteiger partial charge is 0.239 e. The number of hydrogen-bond acceptors (Lipinski definition) is 4. The summed E-state index contributed by atoms with van der Waals surface area (Å²) in [6, 6.07) is -0.463. The number of rotatable bonds is 5. The van der Waals surface area contributed by atoms with Crippen molar-refractivity contribution in [2.75, 3.05) is 20.8 Å². The minimum absolute atomic E-state index is 0.0306. The Morgan fingerprint density at radius 1 is 1.56 bits per heavy atom. The molecule has 0 aliphatic heterocycles. The molecule has 5 nitrogen and oxygen atoms in total. The SMILES string of the molecule is COCC(N)C(=O)NC1CC(OC)C1(C)C. The third-order valence-electron chi connectivity index (χ3n) is 3.46. The van der Waals surface area contributed by atoms with Gasteiger partial charge in [-0.1, -0.05) is 13.8 Å². The maximum atomic E-state index is 11.7. The molecule has 0 saturated heterocycles. The molecule has 1 aliphatic carbocycles. The van der Waals surface area contributed by atoms with Crippen LogP contribution in [0.5, 0.6) is 0 Å². The zero-order chi connectivity index (χ0) is 12.3. The Morgan fingerprint density at radius 2 is 2.19 bits per heavy atom. The average Bonchev–Trinajstić information content (AvgIpc) is 2.23. The van der Waals surface area contributed by atoms with E-state index < -0.39 is 6.04 Å². The second-order valence-electron chi connectivity index (χ2n) is 4.90. The van der Waals surface area contributed by atoms with E-state index in [4.69, 9.17) is 15.2 Å². The maximum Gasteiger partial charge on any atom is 0.239 e. The molecule has 16 heavy (non-hydrogen) atoms. The van der Waals surface area contributed by atoms with Crippen LogP contribution in [0.2, 0.25) is 0 Å². The van der Waals surface area contributed by atoms with Crippen molar-refractivity contribution in [1.82, 2.24) is 5.32 Å². The number of methoxy groups -OCH3 is 2. The molecule has 0 bridgehead atoms. The summed E-state index contributed by atoms with van der Waals surface area (Å²) in [6.07, 6.45) is 1.05. The number of nitrogens with one attached hydrogen (secondary N) is 1. The number of carbonyl (C=O) groups is 1. The summed E-state index contributed by atoms with van der Waals surface area (Å²) in [5.41, 5.74) is 5.61. The maximum absolute atomic E-state index is 11.7. The van der Waals surface area contributed by atoms with Crippen molar-refractivity contribution in [3.63, 3.8) is 0 Å². The zero-order valence-corrected chi connectivity index (χ0v) is 10.4. The molecule has 3 atom stereocenters. The molecule has 0 aromatic rings. The van der Waals surface area contributed by atoms with E-state index in [1.165, 1.54) is 7.11 Å². The van der Waals surface area contributed by atoms with Crippen molar-refractivity contribution >= 4 is 5.91 Å². The third-order valence-corrected chi connectivity index (χ3v) is 3.46. The summed E-state index contributed by atoms with van der Waals surface area (Å²) in [5.74, 6) is -0.158. The van der Waals surface area contributed by atoms with Gasteiger partial charge in [-0.3, -0.25) is 4.79 Å². The lowest BCUT2D eigenvalue weighted by atomic mass is 9.64. The second-order valence-corrected chi connectivity index (χ2v) is 4.90. The van der Waals surface area contributed by atoms with Crippen LogP contribution in [0.4, 0.5) is 0 Å². The molecule has 1 aliphatic rings. The van der Waals surface area contributed by atoms with E-state index in [0.717, 1.165) is 6.42 Å². The van der Waals surface area contributed by atoms with Crippen LogP contribution in [0.15, 0.2) is 0 Å². The molecule has 0 radical (unpaired) electrons. The Kier molecular flexibility index (Phi) is 4.29. The van der Waals surface area contributed by atoms with Crippen molar-refractivity contribution in [1.29, 1.82) is 0 Å². The summed E-state index contributed by atoms with van der Waals surface area (Å²) < 4.78 is 10.2. The third kappa shape index (κ3) is 2.53. The number of nitrogens with two attached hydrogens (primary N) is 1. The van der Waals surface area contributed by atoms with Gasteiger partial charge in [0.05, 0.1) is 12.7 Å². The van der Waals surface area contributed by atoms with E-state index in [1.54, 1.807) is 7.11 Å². The normalized spacial score (nSPS) is 29.3. The van der Waals surface area contributed by atoms with Crippen molar-refractivity contribution in [3.8, 4) is 0 Å². The van der Waals surface area contributed by atoms with Crippen LogP contribution in [0.1, 0.15) is 20.3 Å². The fourth-order valence-electron chi connectivity index (χ4n) is 2.06. The topological polar surface area (TPSA) is 73.6 Å². The summed E-state index contributed by atoms with van der Waals surface area (Å²) in [5, 5.41) is 2.93. The molecule has 0 aromatic heterocycles. The van der Waals surface area contributed by atoms with E-state index in [-0.39, 0.29) is 30.1 Å². The van der Waals surface area contributed by atoms with Gasteiger partial charge in [-0.25, -0.2) is 0 Å². The molecule has 1 saturated carbocycles. The number of ether oxygens (including phenoxy) is 2. The molecule has 3 unspecified atom stereocenters. The molecule has 0 spiro atoms. The van der Waals surface area contributed by atoms with E-state index in [1.807, 2.05) is 0 Å². The number of hydrogen-bond donors (Lipinski definition) is 2. The van der Waals surface area contributed by atoms with Gasteiger partial charge < -0.3 is 20.5 Å². The molecular weight excluding hydrogens is 208 g/mol. The monoisotopic (exact) mass is 230 g/mol. The van der Waals surface area contributed by atoms with Gasteiger partial charge in [-0.15, -0.1) is 0 Å². The quantitative estimate of drug-likeness (QED) is 0.691. The average molecular weight is 230 g/mol. The first kappa shape index (κ1) is 13.4. The van der Waals surface area contributed by atoms with Gasteiger partial charge in [0.2, 0.25) is 5.91 Å². The highest BCUT2D eigenvalue weighted by molar-refractivity contribution is 5.82. The van der Waals surface area contributed by atoms with Gasteiger partial charge >= 0.3 is 0 Å². The van der Waals surface area contributed by atoms with Crippen LogP contribution >= 0.6 is 0 Å². The Balaban J connectivity index is 2.42. The fraction of sp³-hybridized carbons (Fsp3) is 0.909. The van der Waals surface area contributed by atoms with Gasteiger partial charge in [0.15, 0.2) is 0 Å². The summed E-state index contributed by atoms with van der Waals surface area (Å²) in [7, 11) is 3.22. The molecule has 0 heterocycles. The highest BCUT2D eigenvalue weighted by atomic mass is 16.5. The lowest BCUT2D eigenvalue weighted by Gasteiger charge is -2.51. The molecule has 1 rings (SSSR count). The van der Waals surface area contributed by atoms with E-state index >= 15 is 0 Å². The van der Waals surface area contributed by atoms with Crippen LogP contribution in [0.3, 0.4) is 0 Å². The first-order chi connectivity index (χ1) is 7.43. The predicted octanol–water partition coefficient (Wildman–Crippen LogP) is -0.110. The minimum Gasteiger partial charge on any atom is -0.383 e. The van der Waals surface area contributed by atoms with Gasteiger partial charge in [0.25, 0.3) is 0 Å². The Labute approximate surface area is 96.7 Å². The molecule has 1 fully saturated rings. The van der Waals surface area contributed by atoms with Crippen LogP contribution in [-0.4, -0.2) is 44.9 Å². The van der Waals surface area contributed by atoms with Gasteiger partial charge in [0, 0.05) is 25.7 Å². The van der Waals surface area contributed by atoms with Crippen molar-refractivity contribution in [2.45, 2.75) is 38.5 Å². The Hall–Kier alpha value is -0.650. The fourth-order valence-corrected chi connectivity index (χ4v) is 2.06. The first-order valence-corrected chi connectivity index (χ1v) is 5.51. The lowest BCUT2D eigenvalue weighted by Crippen LogP contribution is -2.63. The summed E-state index contributed by atoms with van der Waals surface area (Å²) in [4.78, 5) is 11.7. The molecule has 3 N–H and O–H groups in total. The number of amides is 1. The standard InChI is InChI=1S/C11H22N2O3/c1-11(2)8(5-9(11)16-4)13-10(14)7(12)6-15-3/h7-9H,5-6,12H2,1-4H3,(H,13,14). The highest BCUT2D eigenvalue weighted by Gasteiger charge is 2.49. The second kappa shape index (κ2) is 5.12. The van der Waals surface area contributed by atoms with E-state index in [9.17, 15) is 4.79 Å². The molecule has 5 heteroatoms. The van der Waals surface area contributed by atoms with Crippen LogP contribution in [0, 0.1) is 5.41 Å². The number of carbonyl (C=O) groups excluding carboxylic acids is 1. The summed E-state index contributed by atoms with van der Waals surface area (Å²) >= 11 is 0. The zero-order valence-electron chi connectivity index (χ0n) is 10.4. The highest BCUT2D eigenvalue weighted by Crippen LogP contribution is 2.42. The van der Waals surface area contributed by atoms with Crippen molar-refractivity contribution in [2.24, 2.45) is 11.1 Å². The van der Waals surface area contributed by atoms with Gasteiger partial charge in [-0.2, -0.15) is 0 Å². The van der Waals surface area contributed by atoms with E-state index in [2.05, 4.69) is 19.2 Å². The van der Waals surface area contributed by atoms with Crippen molar-refractivity contribution < 1.29 is 14.3 Å². The van der Waals surface area contributed by atoms with Gasteiger partial charge in [0.1, 0.15) is 6.04 Å². The van der Waals surface area contributed by atoms with Crippen LogP contribution < -0.4 is 11.1 Å². The van der Waals surface area contributed by atoms with Crippen molar-refractivity contribution in [3.05, 3.63) is 0 Å². The lowest BCUT2D eigenvalue weighted by molar-refractivity contribution is -0.134. The molecule has 94 valence electrons. The molecule has 0 aromatic carbocycles. The molecular formula is C11H22N2O3. The van der Waals surface area contributed by atoms with Crippen LogP contribution in [0.25, 0.3) is 0 Å². The van der Waals surface area contributed by atoms with Gasteiger partial charge in [-0.05, 0) is 6.42 Å². The Bertz CT molecular complexity index is 256. The Morgan fingerprint density at radius 3 is 2.62 bits per heavy atom. The largest absolute Gasteiger partial charge is 0.383 e. The predicted molar refractivity (Wildman–Crippen MR) is 61.0 cm³/mol. The summed E-state index contributed by atoms with van der Waals surface area (Å²) in [6.45, 7) is 4.40. The minimum atomic E-state index is -0.595. The first-order valence-electron chi connectivity index (χ1n) is 5.51. The molecule has 1 amide bonds.